The van der Waals surface area contributed by atoms with Crippen LogP contribution in [0.4, 0.5) is 0 Å². The number of hydrogen-bond donors (Lipinski definition) is 0. The van der Waals surface area contributed by atoms with Crippen LogP contribution in [0.25, 0.3) is 0 Å². The van der Waals surface area contributed by atoms with Gasteiger partial charge in [-0.1, -0.05) is 28.1 Å². The number of alkyl halides is 1. The highest BCUT2D eigenvalue weighted by Crippen LogP contribution is 2.18. The van der Waals surface area contributed by atoms with Gasteiger partial charge >= 0.3 is 0 Å². The fraction of sp³-hybridized carbons (Fsp3) is 0.300. The molecule has 1 rings (SSSR count). The highest BCUT2D eigenvalue weighted by molar-refractivity contribution is 9.10. The molecule has 13 heavy (non-hydrogen) atoms. The Morgan fingerprint density at radius 2 is 2.23 bits per heavy atom. The zero-order valence-electron chi connectivity index (χ0n) is 7.31. The van der Waals surface area contributed by atoms with Crippen LogP contribution in [0.15, 0.2) is 22.7 Å². The maximum Gasteiger partial charge on any atom is 0.164 e. The molecule has 0 bridgehead atoms. The third-order valence-corrected chi connectivity index (χ3v) is 2.86. The molecule has 0 aliphatic heterocycles. The molecule has 0 N–H and O–H groups in total. The van der Waals surface area contributed by atoms with E-state index in [-0.39, 0.29) is 5.78 Å². The minimum Gasteiger partial charge on any atom is -0.294 e. The lowest BCUT2D eigenvalue weighted by molar-refractivity contribution is 0.0989. The lowest BCUT2D eigenvalue weighted by atomic mass is 10.1. The predicted molar refractivity (Wildman–Crippen MR) is 58.5 cm³/mol. The first kappa shape index (κ1) is 10.7. The van der Waals surface area contributed by atoms with E-state index in [1.807, 2.05) is 25.1 Å². The Labute approximate surface area is 91.2 Å². The molecule has 1 aromatic carbocycles. The van der Waals surface area contributed by atoms with Crippen LogP contribution < -0.4 is 0 Å². The number of carbonyl (C=O) groups excluding carboxylic acids is 1. The van der Waals surface area contributed by atoms with Crippen LogP contribution in [0.3, 0.4) is 0 Å². The van der Waals surface area contributed by atoms with E-state index in [9.17, 15) is 4.79 Å². The van der Waals surface area contributed by atoms with E-state index in [0.29, 0.717) is 12.3 Å². The Bertz CT molecular complexity index is 323. The van der Waals surface area contributed by atoms with E-state index in [1.165, 1.54) is 0 Å². The number of hydrogen-bond acceptors (Lipinski definition) is 1. The van der Waals surface area contributed by atoms with Gasteiger partial charge in [0.15, 0.2) is 5.78 Å². The summed E-state index contributed by atoms with van der Waals surface area (Å²) in [5.41, 5.74) is 1.85. The lowest BCUT2D eigenvalue weighted by Gasteiger charge is -2.01. The Morgan fingerprint density at radius 1 is 1.54 bits per heavy atom. The van der Waals surface area contributed by atoms with Crippen LogP contribution >= 0.6 is 27.5 Å². The molecule has 1 aromatic rings. The van der Waals surface area contributed by atoms with E-state index in [1.54, 1.807) is 0 Å². The Balaban J connectivity index is 2.90. The van der Waals surface area contributed by atoms with Crippen molar-refractivity contribution in [2.45, 2.75) is 13.3 Å². The summed E-state index contributed by atoms with van der Waals surface area (Å²) in [6.07, 6.45) is 0.400. The summed E-state index contributed by atoms with van der Waals surface area (Å²) >= 11 is 8.87. The number of carbonyl (C=O) groups is 1. The molecule has 0 amide bonds. The molecular formula is C10H10BrClO. The summed E-state index contributed by atoms with van der Waals surface area (Å²) in [7, 11) is 0. The standard InChI is InChI=1S/C10H10BrClO/c1-7-2-3-8(6-9(7)11)10(13)4-5-12/h2-3,6H,4-5H2,1H3. The van der Waals surface area contributed by atoms with Crippen LogP contribution in [0.2, 0.25) is 0 Å². The highest BCUT2D eigenvalue weighted by Gasteiger charge is 2.05. The van der Waals surface area contributed by atoms with E-state index in [0.717, 1.165) is 15.6 Å². The number of rotatable bonds is 3. The summed E-state index contributed by atoms with van der Waals surface area (Å²) in [6.45, 7) is 1.99. The van der Waals surface area contributed by atoms with Crippen LogP contribution in [-0.2, 0) is 0 Å². The van der Waals surface area contributed by atoms with Gasteiger partial charge in [0, 0.05) is 22.3 Å². The molecule has 0 aliphatic rings. The van der Waals surface area contributed by atoms with Gasteiger partial charge in [-0.05, 0) is 18.6 Å². The van der Waals surface area contributed by atoms with E-state index in [2.05, 4.69) is 15.9 Å². The molecule has 70 valence electrons. The molecule has 0 saturated carbocycles. The maximum atomic E-state index is 11.4. The first-order valence-electron chi connectivity index (χ1n) is 4.00. The largest absolute Gasteiger partial charge is 0.294 e. The molecule has 3 heteroatoms. The summed E-state index contributed by atoms with van der Waals surface area (Å²) < 4.78 is 0.966. The van der Waals surface area contributed by atoms with Crippen molar-refractivity contribution >= 4 is 33.3 Å². The molecular weight excluding hydrogens is 251 g/mol. The SMILES string of the molecule is Cc1ccc(C(=O)CCCl)cc1Br. The summed E-state index contributed by atoms with van der Waals surface area (Å²) in [5.74, 6) is 0.473. The average Bonchev–Trinajstić information content (AvgIpc) is 2.10. The summed E-state index contributed by atoms with van der Waals surface area (Å²) in [4.78, 5) is 11.4. The molecule has 0 spiro atoms. The van der Waals surface area contributed by atoms with Gasteiger partial charge in [-0.25, -0.2) is 0 Å². The van der Waals surface area contributed by atoms with Gasteiger partial charge in [0.2, 0.25) is 0 Å². The van der Waals surface area contributed by atoms with Gasteiger partial charge in [0.25, 0.3) is 0 Å². The second kappa shape index (κ2) is 4.77. The van der Waals surface area contributed by atoms with Gasteiger partial charge < -0.3 is 0 Å². The number of aryl methyl sites for hydroxylation is 1. The van der Waals surface area contributed by atoms with Gasteiger partial charge in [-0.3, -0.25) is 4.79 Å². The number of halogens is 2. The summed E-state index contributed by atoms with van der Waals surface area (Å²) in [5, 5.41) is 0. The van der Waals surface area contributed by atoms with Gasteiger partial charge in [-0.15, -0.1) is 11.6 Å². The minimum atomic E-state index is 0.0932. The normalized spacial score (nSPS) is 10.1. The molecule has 0 atom stereocenters. The van der Waals surface area contributed by atoms with Crippen LogP contribution in [0, 0.1) is 6.92 Å². The number of ketones is 1. The third kappa shape index (κ3) is 2.82. The topological polar surface area (TPSA) is 17.1 Å². The molecule has 0 radical (unpaired) electrons. The summed E-state index contributed by atoms with van der Waals surface area (Å²) in [6, 6.07) is 5.59. The van der Waals surface area contributed by atoms with Crippen LogP contribution in [0.5, 0.6) is 0 Å². The molecule has 0 heterocycles. The van der Waals surface area contributed by atoms with Crippen molar-refractivity contribution in [2.24, 2.45) is 0 Å². The smallest absolute Gasteiger partial charge is 0.164 e. The van der Waals surface area contributed by atoms with Crippen molar-refractivity contribution in [1.82, 2.24) is 0 Å². The zero-order chi connectivity index (χ0) is 9.84. The van der Waals surface area contributed by atoms with Crippen molar-refractivity contribution < 1.29 is 4.79 Å². The predicted octanol–water partition coefficient (Wildman–Crippen LogP) is 3.57. The maximum absolute atomic E-state index is 11.4. The number of benzene rings is 1. The van der Waals surface area contributed by atoms with E-state index in [4.69, 9.17) is 11.6 Å². The highest BCUT2D eigenvalue weighted by atomic mass is 79.9. The second-order valence-corrected chi connectivity index (χ2v) is 4.06. The molecule has 0 aliphatic carbocycles. The van der Waals surface area contributed by atoms with Crippen molar-refractivity contribution in [3.05, 3.63) is 33.8 Å². The Morgan fingerprint density at radius 3 is 2.77 bits per heavy atom. The molecule has 1 nitrogen and oxygen atoms in total. The fourth-order valence-corrected chi connectivity index (χ4v) is 1.55. The first-order valence-corrected chi connectivity index (χ1v) is 5.33. The van der Waals surface area contributed by atoms with Crippen molar-refractivity contribution in [1.29, 1.82) is 0 Å². The Hall–Kier alpha value is -0.340. The van der Waals surface area contributed by atoms with E-state index >= 15 is 0 Å². The van der Waals surface area contributed by atoms with Crippen LogP contribution in [0.1, 0.15) is 22.3 Å². The molecule has 0 unspecified atom stereocenters. The van der Waals surface area contributed by atoms with E-state index < -0.39 is 0 Å². The van der Waals surface area contributed by atoms with Crippen molar-refractivity contribution in [3.8, 4) is 0 Å². The van der Waals surface area contributed by atoms with Crippen molar-refractivity contribution in [2.75, 3.05) is 5.88 Å². The monoisotopic (exact) mass is 260 g/mol. The molecule has 0 saturated heterocycles. The lowest BCUT2D eigenvalue weighted by Crippen LogP contribution is -1.99. The zero-order valence-corrected chi connectivity index (χ0v) is 9.65. The van der Waals surface area contributed by atoms with Gasteiger partial charge in [0.1, 0.15) is 0 Å². The second-order valence-electron chi connectivity index (χ2n) is 2.83. The fourth-order valence-electron chi connectivity index (χ4n) is 0.996. The first-order chi connectivity index (χ1) is 6.15. The van der Waals surface area contributed by atoms with Crippen molar-refractivity contribution in [3.63, 3.8) is 0 Å². The third-order valence-electron chi connectivity index (χ3n) is 1.82. The van der Waals surface area contributed by atoms with Crippen LogP contribution in [-0.4, -0.2) is 11.7 Å². The molecule has 0 aromatic heterocycles. The quantitative estimate of drug-likeness (QED) is 0.600. The Kier molecular flexibility index (Phi) is 3.94. The minimum absolute atomic E-state index is 0.0932. The average molecular weight is 262 g/mol. The van der Waals surface area contributed by atoms with Gasteiger partial charge in [0.05, 0.1) is 0 Å². The molecule has 0 fully saturated rings. The number of Topliss-reactive ketones (excluding diaryl/α,β-unsaturated/α-hetero) is 1. The van der Waals surface area contributed by atoms with Gasteiger partial charge in [-0.2, -0.15) is 0 Å².